The Labute approximate surface area is 202 Å². The van der Waals surface area contributed by atoms with Gasteiger partial charge in [0, 0.05) is 22.9 Å². The highest BCUT2D eigenvalue weighted by Crippen LogP contribution is 2.43. The largest absolute Gasteiger partial charge is 0.495 e. The van der Waals surface area contributed by atoms with Crippen LogP contribution in [0.2, 0.25) is 10.0 Å². The van der Waals surface area contributed by atoms with Gasteiger partial charge in [-0.25, -0.2) is 15.0 Å². The van der Waals surface area contributed by atoms with E-state index in [-0.39, 0.29) is 11.9 Å². The van der Waals surface area contributed by atoms with Crippen LogP contribution >= 0.6 is 23.2 Å². The number of hydrogen-bond acceptors (Lipinski definition) is 5. The van der Waals surface area contributed by atoms with Crippen molar-refractivity contribution in [3.05, 3.63) is 58.7 Å². The maximum absolute atomic E-state index is 11.7. The molecule has 1 aromatic heterocycles. The third-order valence-electron chi connectivity index (χ3n) is 5.75. The number of carbonyl (C=O) groups is 1. The van der Waals surface area contributed by atoms with E-state index in [0.717, 1.165) is 53.4 Å². The van der Waals surface area contributed by atoms with Gasteiger partial charge in [-0.1, -0.05) is 42.3 Å². The number of nitrogens with one attached hydrogen (secondary N) is 1. The lowest BCUT2D eigenvalue weighted by Crippen LogP contribution is -2.33. The van der Waals surface area contributed by atoms with Crippen LogP contribution < -0.4 is 10.1 Å². The smallest absolute Gasteiger partial charge is 0.269 e. The Hall–Kier alpha value is -2.96. The summed E-state index contributed by atoms with van der Waals surface area (Å²) in [5.41, 5.74) is 4.05. The van der Waals surface area contributed by atoms with Crippen molar-refractivity contribution in [2.45, 2.75) is 38.6 Å². The predicted molar refractivity (Wildman–Crippen MR) is 135 cm³/mol. The van der Waals surface area contributed by atoms with Gasteiger partial charge in [-0.05, 0) is 61.6 Å². The fraction of sp³-hybridized carbons (Fsp3) is 0.280. The lowest BCUT2D eigenvalue weighted by atomic mass is 9.93. The van der Waals surface area contributed by atoms with E-state index in [1.165, 1.54) is 6.08 Å². The molecule has 1 atom stereocenters. The molecule has 1 saturated carbocycles. The van der Waals surface area contributed by atoms with Crippen LogP contribution in [0.25, 0.3) is 22.0 Å². The first-order chi connectivity index (χ1) is 15.9. The van der Waals surface area contributed by atoms with Crippen molar-refractivity contribution < 1.29 is 9.53 Å². The van der Waals surface area contributed by atoms with Crippen LogP contribution in [-0.4, -0.2) is 34.7 Å². The maximum atomic E-state index is 11.7. The molecular weight excluding hydrogens is 459 g/mol. The first-order valence-corrected chi connectivity index (χ1v) is 11.5. The van der Waals surface area contributed by atoms with Crippen LogP contribution in [0, 0.1) is 6.92 Å². The molecule has 6 nitrogen and oxygen atoms in total. The quantitative estimate of drug-likeness (QED) is 0.424. The number of ether oxygens (including phenoxy) is 1. The average Bonchev–Trinajstić information content (AvgIpc) is 2.82. The van der Waals surface area contributed by atoms with E-state index < -0.39 is 0 Å². The number of hydrogen-bond donors (Lipinski definition) is 1. The van der Waals surface area contributed by atoms with Gasteiger partial charge in [0.05, 0.1) is 28.7 Å². The summed E-state index contributed by atoms with van der Waals surface area (Å²) in [6.07, 6.45) is 6.70. The number of aliphatic imine (C=N–C) groups is 1. The van der Waals surface area contributed by atoms with Crippen LogP contribution in [-0.2, 0) is 4.79 Å². The molecule has 0 bridgehead atoms. The van der Waals surface area contributed by atoms with Gasteiger partial charge in [0.15, 0.2) is 0 Å². The Morgan fingerprint density at radius 3 is 2.85 bits per heavy atom. The normalized spacial score (nSPS) is 17.2. The van der Waals surface area contributed by atoms with Crippen molar-refractivity contribution in [3.8, 4) is 16.9 Å². The monoisotopic (exact) mass is 482 g/mol. The van der Waals surface area contributed by atoms with Crippen LogP contribution in [0.1, 0.15) is 31.2 Å². The topological polar surface area (TPSA) is 76.5 Å². The summed E-state index contributed by atoms with van der Waals surface area (Å²) in [7, 11) is 1.58. The minimum absolute atomic E-state index is 0.0725. The molecular formula is C25H24Cl2N4O2. The Morgan fingerprint density at radius 1 is 1.27 bits per heavy atom. The van der Waals surface area contributed by atoms with E-state index in [1.54, 1.807) is 13.3 Å². The number of fused-ring (bicyclic) bond motifs is 1. The number of halogens is 2. The number of methoxy groups -OCH3 is 1. The molecule has 1 amide bonds. The lowest BCUT2D eigenvalue weighted by molar-refractivity contribution is -0.113. The Kier molecular flexibility index (Phi) is 6.96. The summed E-state index contributed by atoms with van der Waals surface area (Å²) in [6.45, 7) is 5.41. The summed E-state index contributed by atoms with van der Waals surface area (Å²) in [6, 6.07) is 7.55. The molecule has 0 unspecified atom stereocenters. The molecule has 1 aliphatic rings. The van der Waals surface area contributed by atoms with Crippen molar-refractivity contribution in [3.63, 3.8) is 0 Å². The molecule has 1 aliphatic carbocycles. The number of aryl methyl sites for hydroxylation is 1. The van der Waals surface area contributed by atoms with Gasteiger partial charge in [-0.2, -0.15) is 0 Å². The minimum Gasteiger partial charge on any atom is -0.495 e. The summed E-state index contributed by atoms with van der Waals surface area (Å²) in [5, 5.41) is 5.24. The number of aromatic nitrogens is 2. The van der Waals surface area contributed by atoms with Gasteiger partial charge in [0.25, 0.3) is 5.91 Å². The van der Waals surface area contributed by atoms with E-state index >= 15 is 0 Å². The molecule has 0 saturated heterocycles. The lowest BCUT2D eigenvalue weighted by Gasteiger charge is -2.25. The van der Waals surface area contributed by atoms with Gasteiger partial charge >= 0.3 is 0 Å². The zero-order chi connectivity index (χ0) is 23.5. The van der Waals surface area contributed by atoms with Crippen LogP contribution in [0.4, 0.5) is 5.95 Å². The van der Waals surface area contributed by atoms with E-state index in [4.69, 9.17) is 27.9 Å². The summed E-state index contributed by atoms with van der Waals surface area (Å²) in [5.74, 6) is 0.745. The average molecular weight is 483 g/mol. The zero-order valence-electron chi connectivity index (χ0n) is 18.5. The highest BCUT2D eigenvalue weighted by molar-refractivity contribution is 6.40. The van der Waals surface area contributed by atoms with Gasteiger partial charge < -0.3 is 10.1 Å². The summed E-state index contributed by atoms with van der Waals surface area (Å²) in [4.78, 5) is 25.1. The molecule has 1 N–H and O–H groups in total. The first kappa shape index (κ1) is 23.2. The number of rotatable bonds is 5. The van der Waals surface area contributed by atoms with Crippen molar-refractivity contribution in [2.75, 3.05) is 12.4 Å². The van der Waals surface area contributed by atoms with Crippen molar-refractivity contribution in [1.29, 1.82) is 0 Å². The molecule has 1 fully saturated rings. The molecule has 0 spiro atoms. The minimum atomic E-state index is -0.323. The fourth-order valence-electron chi connectivity index (χ4n) is 4.03. The van der Waals surface area contributed by atoms with E-state index in [1.807, 2.05) is 31.2 Å². The third-order valence-corrected chi connectivity index (χ3v) is 6.61. The Morgan fingerprint density at radius 2 is 2.09 bits per heavy atom. The first-order valence-electron chi connectivity index (χ1n) is 10.7. The SMILES string of the molecule is C=CC(=O)N=C1CCCC[C@H]1Nc1ncc2cc(-c3c(Cl)c(C)cc(OC)c3Cl)ccc2n1. The van der Waals surface area contributed by atoms with Gasteiger partial charge in [0.2, 0.25) is 5.95 Å². The van der Waals surface area contributed by atoms with Crippen molar-refractivity contribution in [2.24, 2.45) is 4.99 Å². The van der Waals surface area contributed by atoms with Crippen molar-refractivity contribution in [1.82, 2.24) is 9.97 Å². The van der Waals surface area contributed by atoms with E-state index in [0.29, 0.717) is 27.3 Å². The van der Waals surface area contributed by atoms with Crippen LogP contribution in [0.3, 0.4) is 0 Å². The molecule has 0 aliphatic heterocycles. The number of nitrogens with zero attached hydrogens (tertiary/aromatic N) is 3. The summed E-state index contributed by atoms with van der Waals surface area (Å²) < 4.78 is 5.40. The van der Waals surface area contributed by atoms with E-state index in [9.17, 15) is 4.79 Å². The highest BCUT2D eigenvalue weighted by Gasteiger charge is 2.22. The van der Waals surface area contributed by atoms with Crippen LogP contribution in [0.15, 0.2) is 48.1 Å². The van der Waals surface area contributed by atoms with Crippen molar-refractivity contribution >= 4 is 51.7 Å². The Balaban J connectivity index is 1.66. The summed E-state index contributed by atoms with van der Waals surface area (Å²) >= 11 is 13.2. The number of benzene rings is 2. The fourth-order valence-corrected chi connectivity index (χ4v) is 4.67. The molecule has 8 heteroatoms. The molecule has 170 valence electrons. The molecule has 2 aromatic carbocycles. The predicted octanol–water partition coefficient (Wildman–Crippen LogP) is 6.43. The maximum Gasteiger partial charge on any atom is 0.269 e. The standard InChI is InChI=1S/C25H24Cl2N4O2/c1-4-21(32)29-18-7-5-6-8-19(18)31-25-28-13-16-12-15(9-10-17(16)30-25)22-23(26)14(2)11-20(33-3)24(22)27/h4,9-13,19H,1,5-8H2,2-3H3,(H,28,30,31)/t19-/m1/s1. The molecule has 33 heavy (non-hydrogen) atoms. The van der Waals surface area contributed by atoms with Gasteiger partial charge in [0.1, 0.15) is 5.75 Å². The third kappa shape index (κ3) is 4.87. The zero-order valence-corrected chi connectivity index (χ0v) is 20.0. The second-order valence-corrected chi connectivity index (χ2v) is 8.71. The van der Waals surface area contributed by atoms with E-state index in [2.05, 4.69) is 26.9 Å². The highest BCUT2D eigenvalue weighted by atomic mass is 35.5. The molecule has 0 radical (unpaired) electrons. The van der Waals surface area contributed by atoms with Gasteiger partial charge in [-0.3, -0.25) is 4.79 Å². The van der Waals surface area contributed by atoms with Gasteiger partial charge in [-0.15, -0.1) is 0 Å². The molecule has 4 rings (SSSR count). The number of amides is 1. The number of carbonyl (C=O) groups excluding carboxylic acids is 1. The van der Waals surface area contributed by atoms with Crippen LogP contribution in [0.5, 0.6) is 5.75 Å². The second kappa shape index (κ2) is 9.89. The number of anilines is 1. The Bertz CT molecular complexity index is 1270. The molecule has 1 heterocycles. The second-order valence-electron chi connectivity index (χ2n) is 7.95. The molecule has 3 aromatic rings.